The van der Waals surface area contributed by atoms with Gasteiger partial charge in [0, 0.05) is 63.2 Å². The van der Waals surface area contributed by atoms with E-state index in [1.807, 2.05) is 51.0 Å². The lowest BCUT2D eigenvalue weighted by Crippen LogP contribution is -2.38. The highest BCUT2D eigenvalue weighted by Crippen LogP contribution is 2.36. The van der Waals surface area contributed by atoms with Crippen molar-refractivity contribution in [3.8, 4) is 0 Å². The number of piperidine rings is 1. The Morgan fingerprint density at radius 1 is 1.15 bits per heavy atom. The fourth-order valence-electron chi connectivity index (χ4n) is 5.56. The standard InChI is InChI=1S/C30H34FN5O3/c1-39-16-15-36-19-24(28-26(3-2-4-27(28)36)34-11-9-22(10-12-34)29(33)37)30(38)35-13-7-21(8-14-35)23-17-20(18-32)5-6-25(23)31/h2-6,9-11,17,19,21H,7-8,12-16,18,32H2,1H3,(H2,33,37). The van der Waals surface area contributed by atoms with Crippen molar-refractivity contribution in [2.45, 2.75) is 31.8 Å². The molecular formula is C30H34FN5O3. The summed E-state index contributed by atoms with van der Waals surface area (Å²) in [6.07, 6.45) is 8.57. The Balaban J connectivity index is 1.44. The van der Waals surface area contributed by atoms with Crippen LogP contribution >= 0.6 is 0 Å². The molecule has 3 heterocycles. The number of hydrogen-bond donors (Lipinski definition) is 2. The fraction of sp³-hybridized carbons (Fsp3) is 0.333. The molecule has 0 radical (unpaired) electrons. The van der Waals surface area contributed by atoms with Gasteiger partial charge in [-0.25, -0.2) is 4.39 Å². The summed E-state index contributed by atoms with van der Waals surface area (Å²) in [7, 11) is 1.65. The first kappa shape index (κ1) is 26.6. The topological polar surface area (TPSA) is 107 Å². The molecule has 1 fully saturated rings. The summed E-state index contributed by atoms with van der Waals surface area (Å²) in [5.41, 5.74) is 15.7. The SMILES string of the molecule is COCCn1cc(C(=O)N2CCC(c3cc(CN)ccc3F)CC2)c2c(N3C=CC(C(N)=O)=CC3)cccc21. The number of primary amides is 1. The molecule has 39 heavy (non-hydrogen) atoms. The average Bonchev–Trinajstić information content (AvgIpc) is 3.35. The zero-order valence-corrected chi connectivity index (χ0v) is 22.1. The molecule has 0 atom stereocenters. The van der Waals surface area contributed by atoms with Gasteiger partial charge >= 0.3 is 0 Å². The van der Waals surface area contributed by atoms with Gasteiger partial charge in [-0.15, -0.1) is 0 Å². The number of aromatic nitrogens is 1. The number of fused-ring (bicyclic) bond motifs is 1. The van der Waals surface area contributed by atoms with Gasteiger partial charge in [-0.05, 0) is 54.2 Å². The Kier molecular flexibility index (Phi) is 7.81. The van der Waals surface area contributed by atoms with Gasteiger partial charge in [-0.1, -0.05) is 24.3 Å². The van der Waals surface area contributed by atoms with Gasteiger partial charge in [-0.3, -0.25) is 9.59 Å². The number of ether oxygens (including phenoxy) is 1. The predicted molar refractivity (Wildman–Crippen MR) is 150 cm³/mol. The highest BCUT2D eigenvalue weighted by Gasteiger charge is 2.29. The smallest absolute Gasteiger partial charge is 0.256 e. The minimum Gasteiger partial charge on any atom is -0.383 e. The van der Waals surface area contributed by atoms with E-state index < -0.39 is 5.91 Å². The molecule has 0 spiro atoms. The average molecular weight is 532 g/mol. The number of carbonyl (C=O) groups excluding carboxylic acids is 2. The molecule has 4 N–H and O–H groups in total. The number of rotatable bonds is 8. The lowest BCUT2D eigenvalue weighted by molar-refractivity contribution is -0.114. The molecule has 2 aliphatic rings. The number of nitrogens with zero attached hydrogens (tertiary/aromatic N) is 3. The highest BCUT2D eigenvalue weighted by molar-refractivity contribution is 6.12. The van der Waals surface area contributed by atoms with Gasteiger partial charge in [-0.2, -0.15) is 0 Å². The fourth-order valence-corrected chi connectivity index (χ4v) is 5.56. The normalized spacial score (nSPS) is 16.1. The molecule has 1 saturated heterocycles. The van der Waals surface area contributed by atoms with Crippen molar-refractivity contribution in [2.75, 3.05) is 38.3 Å². The Morgan fingerprint density at radius 2 is 1.95 bits per heavy atom. The van der Waals surface area contributed by atoms with Crippen molar-refractivity contribution in [3.63, 3.8) is 0 Å². The van der Waals surface area contributed by atoms with E-state index in [4.69, 9.17) is 16.2 Å². The van der Waals surface area contributed by atoms with Crippen LogP contribution in [0.3, 0.4) is 0 Å². The monoisotopic (exact) mass is 531 g/mol. The molecule has 2 aliphatic heterocycles. The van der Waals surface area contributed by atoms with E-state index in [0.717, 1.165) is 22.2 Å². The van der Waals surface area contributed by atoms with Crippen molar-refractivity contribution in [2.24, 2.45) is 11.5 Å². The summed E-state index contributed by atoms with van der Waals surface area (Å²) in [5, 5.41) is 0.850. The number of likely N-dealkylation sites (tertiary alicyclic amines) is 1. The van der Waals surface area contributed by atoms with E-state index in [-0.39, 0.29) is 17.6 Å². The zero-order chi connectivity index (χ0) is 27.5. The molecule has 1 aromatic heterocycles. The maximum atomic E-state index is 14.6. The molecular weight excluding hydrogens is 497 g/mol. The Hall–Kier alpha value is -3.95. The molecule has 3 aromatic rings. The number of amides is 2. The molecule has 0 unspecified atom stereocenters. The largest absolute Gasteiger partial charge is 0.383 e. The minimum absolute atomic E-state index is 0.0453. The Morgan fingerprint density at radius 3 is 2.62 bits per heavy atom. The summed E-state index contributed by atoms with van der Waals surface area (Å²) in [6, 6.07) is 11.0. The lowest BCUT2D eigenvalue weighted by Gasteiger charge is -2.32. The Labute approximate surface area is 227 Å². The van der Waals surface area contributed by atoms with Crippen LogP contribution in [0.15, 0.2) is 66.5 Å². The number of anilines is 1. The molecule has 0 saturated carbocycles. The predicted octanol–water partition coefficient (Wildman–Crippen LogP) is 3.65. The van der Waals surface area contributed by atoms with Crippen LogP contribution in [0.5, 0.6) is 0 Å². The molecule has 0 bridgehead atoms. The number of carbonyl (C=O) groups is 2. The molecule has 8 nitrogen and oxygen atoms in total. The van der Waals surface area contributed by atoms with Crippen LogP contribution in [0, 0.1) is 5.82 Å². The quantitative estimate of drug-likeness (QED) is 0.462. The molecule has 2 amide bonds. The number of nitrogens with two attached hydrogens (primary N) is 2. The van der Waals surface area contributed by atoms with E-state index in [9.17, 15) is 14.0 Å². The first-order chi connectivity index (χ1) is 18.9. The molecule has 0 aliphatic carbocycles. The van der Waals surface area contributed by atoms with Crippen molar-refractivity contribution in [3.05, 3.63) is 89.0 Å². The van der Waals surface area contributed by atoms with Gasteiger partial charge in [0.25, 0.3) is 5.91 Å². The van der Waals surface area contributed by atoms with E-state index in [1.165, 1.54) is 6.07 Å². The summed E-state index contributed by atoms with van der Waals surface area (Å²) in [5.74, 6) is -0.689. The van der Waals surface area contributed by atoms with Gasteiger partial charge in [0.15, 0.2) is 0 Å². The Bertz CT molecular complexity index is 1450. The summed E-state index contributed by atoms with van der Waals surface area (Å²) in [4.78, 5) is 29.4. The summed E-state index contributed by atoms with van der Waals surface area (Å²) >= 11 is 0. The molecule has 9 heteroatoms. The van der Waals surface area contributed by atoms with Crippen LogP contribution < -0.4 is 16.4 Å². The van der Waals surface area contributed by atoms with E-state index in [0.29, 0.717) is 68.9 Å². The van der Waals surface area contributed by atoms with Gasteiger partial charge in [0.2, 0.25) is 5.91 Å². The van der Waals surface area contributed by atoms with Crippen LogP contribution in [0.25, 0.3) is 10.9 Å². The van der Waals surface area contributed by atoms with E-state index in [2.05, 4.69) is 0 Å². The van der Waals surface area contributed by atoms with Crippen molar-refractivity contribution < 1.29 is 18.7 Å². The van der Waals surface area contributed by atoms with Crippen molar-refractivity contribution in [1.29, 1.82) is 0 Å². The summed E-state index contributed by atoms with van der Waals surface area (Å²) in [6.45, 7) is 3.02. The van der Waals surface area contributed by atoms with Gasteiger partial charge in [0.05, 0.1) is 23.4 Å². The maximum Gasteiger partial charge on any atom is 0.256 e. The lowest BCUT2D eigenvalue weighted by atomic mass is 9.88. The van der Waals surface area contributed by atoms with Crippen molar-refractivity contribution in [1.82, 2.24) is 9.47 Å². The second-order valence-electron chi connectivity index (χ2n) is 10.0. The van der Waals surface area contributed by atoms with Gasteiger partial charge < -0.3 is 30.6 Å². The van der Waals surface area contributed by atoms with Crippen molar-refractivity contribution >= 4 is 28.4 Å². The van der Waals surface area contributed by atoms with Crippen LogP contribution in [0.4, 0.5) is 10.1 Å². The third-order valence-corrected chi connectivity index (χ3v) is 7.70. The molecule has 204 valence electrons. The number of benzene rings is 2. The van der Waals surface area contributed by atoms with Crippen LogP contribution in [0.1, 0.15) is 40.2 Å². The maximum absolute atomic E-state index is 14.6. The zero-order valence-electron chi connectivity index (χ0n) is 22.1. The van der Waals surface area contributed by atoms with Gasteiger partial charge in [0.1, 0.15) is 5.82 Å². The number of halogens is 1. The van der Waals surface area contributed by atoms with E-state index in [1.54, 1.807) is 25.3 Å². The number of hydrogen-bond acceptors (Lipinski definition) is 5. The first-order valence-corrected chi connectivity index (χ1v) is 13.2. The van der Waals surface area contributed by atoms with Crippen LogP contribution in [-0.2, 0) is 22.6 Å². The first-order valence-electron chi connectivity index (χ1n) is 13.2. The molecule has 2 aromatic carbocycles. The second kappa shape index (κ2) is 11.4. The third-order valence-electron chi connectivity index (χ3n) is 7.70. The third kappa shape index (κ3) is 5.32. The van der Waals surface area contributed by atoms with Crippen LogP contribution in [-0.4, -0.2) is 54.6 Å². The van der Waals surface area contributed by atoms with E-state index >= 15 is 0 Å². The second-order valence-corrected chi connectivity index (χ2v) is 10.0. The van der Waals surface area contributed by atoms with Crippen LogP contribution in [0.2, 0.25) is 0 Å². The summed E-state index contributed by atoms with van der Waals surface area (Å²) < 4.78 is 22.0. The number of methoxy groups -OCH3 is 1. The highest BCUT2D eigenvalue weighted by atomic mass is 19.1. The molecule has 5 rings (SSSR count). The minimum atomic E-state index is -0.469.